The fourth-order valence-corrected chi connectivity index (χ4v) is 10.8. The summed E-state index contributed by atoms with van der Waals surface area (Å²) in [5.74, 6) is -2.80. The predicted molar refractivity (Wildman–Crippen MR) is 321 cm³/mol. The van der Waals surface area contributed by atoms with E-state index in [1.54, 1.807) is 39.8 Å². The van der Waals surface area contributed by atoms with E-state index in [1.165, 1.54) is 63.4 Å². The van der Waals surface area contributed by atoms with Gasteiger partial charge in [0.1, 0.15) is 17.9 Å². The fraction of sp³-hybridized carbons (Fsp3) is 0.365. The van der Waals surface area contributed by atoms with Crippen LogP contribution in [0.4, 0.5) is 17.1 Å². The predicted octanol–water partition coefficient (Wildman–Crippen LogP) is 9.29. The van der Waals surface area contributed by atoms with Crippen LogP contribution in [0.25, 0.3) is 27.8 Å². The number of fused-ring (bicyclic) bond motifs is 2. The molecular formula is C63H71N9O14. The van der Waals surface area contributed by atoms with Gasteiger partial charge in [-0.05, 0) is 76.8 Å². The van der Waals surface area contributed by atoms with Gasteiger partial charge in [0, 0.05) is 82.0 Å². The van der Waals surface area contributed by atoms with Crippen LogP contribution in [0.2, 0.25) is 0 Å². The molecule has 4 N–H and O–H groups in total. The molecule has 23 nitrogen and oxygen atoms in total. The first-order valence-electron chi connectivity index (χ1n) is 27.9. The molecule has 4 aliphatic heterocycles. The lowest BCUT2D eigenvalue weighted by Crippen LogP contribution is -2.44. The molecule has 0 saturated carbocycles. The van der Waals surface area contributed by atoms with Crippen LogP contribution in [0.5, 0.6) is 5.75 Å². The van der Waals surface area contributed by atoms with Gasteiger partial charge in [0.15, 0.2) is 0 Å². The van der Waals surface area contributed by atoms with Gasteiger partial charge in [-0.2, -0.15) is 0 Å². The van der Waals surface area contributed by atoms with Crippen LogP contribution in [-0.4, -0.2) is 115 Å². The Bertz CT molecular complexity index is 3700. The molecule has 0 radical (unpaired) electrons. The lowest BCUT2D eigenvalue weighted by molar-refractivity contribution is -0.385. The monoisotopic (exact) mass is 1180 g/mol. The van der Waals surface area contributed by atoms with Crippen LogP contribution in [0.1, 0.15) is 84.3 Å². The Balaban J connectivity index is 0.000000170. The Hall–Kier alpha value is -9.48. The number of methoxy groups -OCH3 is 3. The molecule has 1 atom stereocenters. The van der Waals surface area contributed by atoms with Crippen LogP contribution in [0.15, 0.2) is 148 Å². The number of rotatable bonds is 15. The number of pyridine rings is 1. The Kier molecular flexibility index (Phi) is 19.7. The Morgan fingerprint density at radius 2 is 1.22 bits per heavy atom. The molecule has 2 fully saturated rings. The molecule has 0 bridgehead atoms. The normalized spacial score (nSPS) is 16.9. The van der Waals surface area contributed by atoms with E-state index in [0.717, 1.165) is 72.6 Å². The summed E-state index contributed by atoms with van der Waals surface area (Å²) in [4.78, 5) is 84.1. The average Bonchev–Trinajstić information content (AvgIpc) is 1.01. The van der Waals surface area contributed by atoms with Gasteiger partial charge in [0.2, 0.25) is 0 Å². The topological polar surface area (TPSA) is 294 Å². The maximum Gasteiger partial charge on any atom is 0.336 e. The number of anilines is 1. The van der Waals surface area contributed by atoms with Crippen molar-refractivity contribution in [3.63, 3.8) is 0 Å². The number of nitrogens with two attached hydrogens (primary N) is 1. The molecule has 452 valence electrons. The van der Waals surface area contributed by atoms with Crippen molar-refractivity contribution in [2.24, 2.45) is 17.1 Å². The van der Waals surface area contributed by atoms with Gasteiger partial charge < -0.3 is 49.7 Å². The smallest absolute Gasteiger partial charge is 0.336 e. The van der Waals surface area contributed by atoms with Crippen molar-refractivity contribution in [3.8, 4) is 11.6 Å². The summed E-state index contributed by atoms with van der Waals surface area (Å²) in [5.41, 5.74) is 12.8. The third kappa shape index (κ3) is 13.5. The number of nitrogens with zero attached hydrogens (tertiary/aromatic N) is 6. The van der Waals surface area contributed by atoms with Crippen LogP contribution in [0, 0.1) is 31.6 Å². The van der Waals surface area contributed by atoms with Crippen molar-refractivity contribution in [3.05, 3.63) is 180 Å². The van der Waals surface area contributed by atoms with E-state index in [9.17, 15) is 39.4 Å². The zero-order chi connectivity index (χ0) is 62.1. The van der Waals surface area contributed by atoms with E-state index < -0.39 is 45.6 Å². The molecular weight excluding hydrogens is 1110 g/mol. The van der Waals surface area contributed by atoms with E-state index in [-0.39, 0.29) is 62.7 Å². The summed E-state index contributed by atoms with van der Waals surface area (Å²) in [6, 6.07) is 29.0. The number of dihydropyridines is 2. The minimum absolute atomic E-state index is 0.112. The zero-order valence-electron chi connectivity index (χ0n) is 49.8. The highest BCUT2D eigenvalue weighted by Crippen LogP contribution is 2.44. The molecule has 0 spiro atoms. The summed E-state index contributed by atoms with van der Waals surface area (Å²) in [6.07, 6.45) is 3.86. The number of carbonyl (C=O) groups excluding carboxylic acids is 4. The largest absolute Gasteiger partial charge is 0.493 e. The van der Waals surface area contributed by atoms with E-state index in [1.807, 2.05) is 36.9 Å². The number of ether oxygens (including phenoxy) is 6. The standard InChI is InChI=1S/C26H29N5O2.C20H24N2O6.C17H18N2O6/c1-26(14-32-15-26)16-33-20-6-7-22-21(13-20)28-17-31(22)24-8-5-18-3-2-4-23(25(18)29-24)30-11-9-19(27)10-12-30;1-11(2)10-28-20(24)17-13(4)21-12(3)16(19(23)27-5)18(17)14-8-6-7-9-15(14)22(25)26;1-9-13(16(20)24-3)15(14(10(2)18-9)17(21)25-4)11-7-5-6-8-12(11)19(22)23/h2-8,13,17,19H,9-12,14-16,27H2,1H3;6-9,11,18,21H,10H2,1-5H3;5-8,15,18H,1-4H3. The summed E-state index contributed by atoms with van der Waals surface area (Å²) in [7, 11) is 3.64. The molecule has 0 aliphatic carbocycles. The van der Waals surface area contributed by atoms with Crippen molar-refractivity contribution in [2.45, 2.75) is 79.2 Å². The SMILES string of the molecule is CC1(COc2ccc3c(c2)ncn3-c2ccc3cccc(N4CCC(N)CC4)c3n2)COC1.COC(=O)C1=C(C)NC(C)=C(C(=O)OC)C1c1ccccc1[N+](=O)[O-].COC(=O)C1=C(C)NC(C)=C(C(=O)OCC(C)C)C1c1ccccc1[N+](=O)[O-]. The Labute approximate surface area is 497 Å². The van der Waals surface area contributed by atoms with Gasteiger partial charge >= 0.3 is 23.9 Å². The van der Waals surface area contributed by atoms with Crippen LogP contribution in [-0.2, 0) is 42.9 Å². The Morgan fingerprint density at radius 3 is 1.70 bits per heavy atom. The molecule has 6 aromatic rings. The number of nitro benzene ring substituents is 2. The highest BCUT2D eigenvalue weighted by atomic mass is 16.6. The van der Waals surface area contributed by atoms with Gasteiger partial charge in [0.05, 0.1) is 114 Å². The van der Waals surface area contributed by atoms with E-state index in [4.69, 9.17) is 39.1 Å². The number of imidazole rings is 1. The number of piperidine rings is 1. The second kappa shape index (κ2) is 27.0. The fourth-order valence-electron chi connectivity index (χ4n) is 10.8. The number of benzene rings is 4. The molecule has 0 amide bonds. The number of allylic oxidation sites excluding steroid dienone is 4. The number of aromatic nitrogens is 3. The van der Waals surface area contributed by atoms with Gasteiger partial charge in [-0.1, -0.05) is 69.3 Å². The average molecular weight is 1180 g/mol. The third-order valence-electron chi connectivity index (χ3n) is 15.2. The molecule has 10 rings (SSSR count). The number of nitrogens with one attached hydrogen (secondary N) is 2. The van der Waals surface area contributed by atoms with E-state index in [2.05, 4.69) is 63.8 Å². The molecule has 4 aromatic carbocycles. The number of carbonyl (C=O) groups is 4. The van der Waals surface area contributed by atoms with Crippen LogP contribution < -0.4 is 26.0 Å². The van der Waals surface area contributed by atoms with Gasteiger partial charge in [-0.25, -0.2) is 29.1 Å². The van der Waals surface area contributed by atoms with Crippen molar-refractivity contribution in [1.82, 2.24) is 25.2 Å². The lowest BCUT2D eigenvalue weighted by Gasteiger charge is -2.37. The molecule has 2 saturated heterocycles. The molecule has 86 heavy (non-hydrogen) atoms. The number of esters is 4. The second-order valence-electron chi connectivity index (χ2n) is 22.1. The summed E-state index contributed by atoms with van der Waals surface area (Å²) < 4.78 is 33.3. The third-order valence-corrected chi connectivity index (χ3v) is 15.2. The number of nitro groups is 2. The van der Waals surface area contributed by atoms with Gasteiger partial charge in [-0.3, -0.25) is 24.8 Å². The van der Waals surface area contributed by atoms with Gasteiger partial charge in [0.25, 0.3) is 11.4 Å². The zero-order valence-corrected chi connectivity index (χ0v) is 49.8. The van der Waals surface area contributed by atoms with Gasteiger partial charge in [-0.15, -0.1) is 0 Å². The summed E-state index contributed by atoms with van der Waals surface area (Å²) in [6.45, 7) is 16.9. The van der Waals surface area contributed by atoms with Crippen molar-refractivity contribution in [2.75, 3.05) is 65.7 Å². The molecule has 4 aliphatic rings. The first kappa shape index (κ1) is 62.6. The maximum atomic E-state index is 12.9. The van der Waals surface area contributed by atoms with E-state index in [0.29, 0.717) is 35.4 Å². The summed E-state index contributed by atoms with van der Waals surface area (Å²) in [5, 5.41) is 30.1. The molecule has 6 heterocycles. The lowest BCUT2D eigenvalue weighted by atomic mass is 9.79. The first-order chi connectivity index (χ1) is 41.1. The maximum absolute atomic E-state index is 12.9. The molecule has 23 heteroatoms. The number of para-hydroxylation sites is 3. The number of hydrogen-bond acceptors (Lipinski definition) is 20. The second-order valence-corrected chi connectivity index (χ2v) is 22.1. The Morgan fingerprint density at radius 1 is 0.709 bits per heavy atom. The summed E-state index contributed by atoms with van der Waals surface area (Å²) >= 11 is 0. The van der Waals surface area contributed by atoms with Crippen LogP contribution >= 0.6 is 0 Å². The molecule has 1 unspecified atom stereocenters. The van der Waals surface area contributed by atoms with E-state index >= 15 is 0 Å². The quantitative estimate of drug-likeness (QED) is 0.0373. The highest BCUT2D eigenvalue weighted by molar-refractivity contribution is 6.01. The van der Waals surface area contributed by atoms with Crippen molar-refractivity contribution < 1.29 is 57.4 Å². The van der Waals surface area contributed by atoms with Crippen LogP contribution in [0.3, 0.4) is 0 Å². The first-order valence-corrected chi connectivity index (χ1v) is 27.9. The highest BCUT2D eigenvalue weighted by Gasteiger charge is 2.42. The molecule has 2 aromatic heterocycles. The minimum Gasteiger partial charge on any atom is -0.493 e. The minimum atomic E-state index is -0.977. The van der Waals surface area contributed by atoms with Crippen molar-refractivity contribution in [1.29, 1.82) is 0 Å². The van der Waals surface area contributed by atoms with Crippen molar-refractivity contribution >= 4 is 62.9 Å². The number of hydrogen-bond donors (Lipinski definition) is 3.